The molecule has 1 aliphatic rings. The first-order chi connectivity index (χ1) is 7.76. The molecule has 2 heteroatoms. The molecule has 0 bridgehead atoms. The SMILES string of the molecule is CCC(CC)CC(NC)C1CCOC1CC. The quantitative estimate of drug-likeness (QED) is 0.721. The summed E-state index contributed by atoms with van der Waals surface area (Å²) >= 11 is 0. The molecule has 0 saturated carbocycles. The Bertz CT molecular complexity index is 180. The van der Waals surface area contributed by atoms with Gasteiger partial charge in [0.05, 0.1) is 6.10 Å². The number of rotatable bonds is 7. The van der Waals surface area contributed by atoms with Gasteiger partial charge in [-0.2, -0.15) is 0 Å². The highest BCUT2D eigenvalue weighted by Crippen LogP contribution is 2.30. The van der Waals surface area contributed by atoms with Crippen LogP contribution in [0.4, 0.5) is 0 Å². The maximum Gasteiger partial charge on any atom is 0.0616 e. The summed E-state index contributed by atoms with van der Waals surface area (Å²) in [6.45, 7) is 7.82. The largest absolute Gasteiger partial charge is 0.378 e. The summed E-state index contributed by atoms with van der Waals surface area (Å²) in [5.41, 5.74) is 0. The lowest BCUT2D eigenvalue weighted by atomic mass is 9.84. The van der Waals surface area contributed by atoms with Crippen LogP contribution in [0.25, 0.3) is 0 Å². The van der Waals surface area contributed by atoms with Gasteiger partial charge in [-0.05, 0) is 32.2 Å². The molecule has 0 aromatic rings. The van der Waals surface area contributed by atoms with E-state index in [1.165, 1.54) is 25.7 Å². The minimum atomic E-state index is 0.492. The normalized spacial score (nSPS) is 27.6. The van der Waals surface area contributed by atoms with E-state index in [-0.39, 0.29) is 0 Å². The zero-order valence-electron chi connectivity index (χ0n) is 11.5. The summed E-state index contributed by atoms with van der Waals surface area (Å²) in [5, 5.41) is 3.53. The van der Waals surface area contributed by atoms with Crippen LogP contribution in [0.3, 0.4) is 0 Å². The summed E-state index contributed by atoms with van der Waals surface area (Å²) < 4.78 is 5.81. The van der Waals surface area contributed by atoms with Crippen molar-refractivity contribution in [3.8, 4) is 0 Å². The molecule has 1 heterocycles. The molecule has 0 spiro atoms. The lowest BCUT2D eigenvalue weighted by Crippen LogP contribution is -2.39. The Morgan fingerprint density at radius 1 is 1.25 bits per heavy atom. The Morgan fingerprint density at radius 2 is 1.94 bits per heavy atom. The standard InChI is InChI=1S/C14H29NO/c1-5-11(6-2)10-13(15-4)12-8-9-16-14(12)7-3/h11-15H,5-10H2,1-4H3. The van der Waals surface area contributed by atoms with Crippen LogP contribution in [0.15, 0.2) is 0 Å². The first kappa shape index (κ1) is 14.0. The highest BCUT2D eigenvalue weighted by atomic mass is 16.5. The number of hydrogen-bond acceptors (Lipinski definition) is 2. The molecule has 1 saturated heterocycles. The van der Waals surface area contributed by atoms with Crippen molar-refractivity contribution in [2.45, 2.75) is 65.0 Å². The molecule has 2 nitrogen and oxygen atoms in total. The van der Waals surface area contributed by atoms with Gasteiger partial charge in [-0.1, -0.05) is 33.6 Å². The van der Waals surface area contributed by atoms with Gasteiger partial charge in [-0.15, -0.1) is 0 Å². The lowest BCUT2D eigenvalue weighted by Gasteiger charge is -2.29. The van der Waals surface area contributed by atoms with Crippen LogP contribution in [0, 0.1) is 11.8 Å². The first-order valence-corrected chi connectivity index (χ1v) is 7.05. The third-order valence-electron chi connectivity index (χ3n) is 4.29. The summed E-state index contributed by atoms with van der Waals surface area (Å²) in [6.07, 6.45) is 6.81. The van der Waals surface area contributed by atoms with E-state index in [4.69, 9.17) is 4.74 Å². The lowest BCUT2D eigenvalue weighted by molar-refractivity contribution is 0.0750. The molecule has 1 rings (SSSR count). The van der Waals surface area contributed by atoms with Crippen LogP contribution < -0.4 is 5.32 Å². The van der Waals surface area contributed by atoms with Gasteiger partial charge in [0.1, 0.15) is 0 Å². The molecule has 0 amide bonds. The van der Waals surface area contributed by atoms with Gasteiger partial charge >= 0.3 is 0 Å². The van der Waals surface area contributed by atoms with Crippen molar-refractivity contribution >= 4 is 0 Å². The van der Waals surface area contributed by atoms with Crippen LogP contribution in [0.1, 0.15) is 52.9 Å². The van der Waals surface area contributed by atoms with E-state index < -0.39 is 0 Å². The molecule has 0 aromatic carbocycles. The van der Waals surface area contributed by atoms with Crippen LogP contribution in [-0.4, -0.2) is 25.8 Å². The van der Waals surface area contributed by atoms with E-state index in [1.807, 2.05) is 0 Å². The Morgan fingerprint density at radius 3 is 2.44 bits per heavy atom. The van der Waals surface area contributed by atoms with Crippen LogP contribution in [0.2, 0.25) is 0 Å². The topological polar surface area (TPSA) is 21.3 Å². The van der Waals surface area contributed by atoms with Gasteiger partial charge in [0, 0.05) is 18.6 Å². The Kier molecular flexibility index (Phi) is 6.37. The van der Waals surface area contributed by atoms with Crippen LogP contribution >= 0.6 is 0 Å². The monoisotopic (exact) mass is 227 g/mol. The van der Waals surface area contributed by atoms with Gasteiger partial charge < -0.3 is 10.1 Å². The average Bonchev–Trinajstić information content (AvgIpc) is 2.79. The first-order valence-electron chi connectivity index (χ1n) is 7.05. The predicted octanol–water partition coefficient (Wildman–Crippen LogP) is 3.22. The second-order valence-corrected chi connectivity index (χ2v) is 5.08. The second kappa shape index (κ2) is 7.29. The highest BCUT2D eigenvalue weighted by Gasteiger charge is 2.33. The molecule has 0 aliphatic carbocycles. The van der Waals surface area contributed by atoms with E-state index in [2.05, 4.69) is 33.1 Å². The Hall–Kier alpha value is -0.0800. The van der Waals surface area contributed by atoms with E-state index in [0.717, 1.165) is 24.9 Å². The van der Waals surface area contributed by atoms with Gasteiger partial charge in [0.25, 0.3) is 0 Å². The third-order valence-corrected chi connectivity index (χ3v) is 4.29. The number of nitrogens with one attached hydrogen (secondary N) is 1. The molecule has 1 fully saturated rings. The highest BCUT2D eigenvalue weighted by molar-refractivity contribution is 4.86. The van der Waals surface area contributed by atoms with Crippen molar-refractivity contribution in [2.24, 2.45) is 11.8 Å². The van der Waals surface area contributed by atoms with Crippen molar-refractivity contribution in [3.63, 3.8) is 0 Å². The van der Waals surface area contributed by atoms with Gasteiger partial charge in [-0.25, -0.2) is 0 Å². The fourth-order valence-electron chi connectivity index (χ4n) is 3.03. The summed E-state index contributed by atoms with van der Waals surface area (Å²) in [7, 11) is 2.11. The summed E-state index contributed by atoms with van der Waals surface area (Å²) in [6, 6.07) is 0.650. The van der Waals surface area contributed by atoms with Crippen molar-refractivity contribution in [1.29, 1.82) is 0 Å². The third kappa shape index (κ3) is 3.46. The molecule has 16 heavy (non-hydrogen) atoms. The summed E-state index contributed by atoms with van der Waals surface area (Å²) in [5.74, 6) is 1.60. The van der Waals surface area contributed by atoms with Gasteiger partial charge in [0.15, 0.2) is 0 Å². The fourth-order valence-corrected chi connectivity index (χ4v) is 3.03. The predicted molar refractivity (Wildman–Crippen MR) is 69.7 cm³/mol. The second-order valence-electron chi connectivity index (χ2n) is 5.08. The molecule has 96 valence electrons. The maximum absolute atomic E-state index is 5.81. The molecule has 1 N–H and O–H groups in total. The molecular formula is C14H29NO. The van der Waals surface area contributed by atoms with Gasteiger partial charge in [0.2, 0.25) is 0 Å². The zero-order chi connectivity index (χ0) is 12.0. The fraction of sp³-hybridized carbons (Fsp3) is 1.00. The van der Waals surface area contributed by atoms with Gasteiger partial charge in [-0.3, -0.25) is 0 Å². The average molecular weight is 227 g/mol. The molecule has 3 unspecified atom stereocenters. The Labute approximate surface area is 101 Å². The number of ether oxygens (including phenoxy) is 1. The minimum absolute atomic E-state index is 0.492. The van der Waals surface area contributed by atoms with E-state index in [9.17, 15) is 0 Å². The van der Waals surface area contributed by atoms with E-state index in [0.29, 0.717) is 12.1 Å². The van der Waals surface area contributed by atoms with Crippen molar-refractivity contribution in [3.05, 3.63) is 0 Å². The van der Waals surface area contributed by atoms with Crippen molar-refractivity contribution in [1.82, 2.24) is 5.32 Å². The molecule has 1 aliphatic heterocycles. The Balaban J connectivity index is 2.52. The molecular weight excluding hydrogens is 198 g/mol. The van der Waals surface area contributed by atoms with Crippen molar-refractivity contribution < 1.29 is 4.74 Å². The molecule has 0 aromatic heterocycles. The molecule has 3 atom stereocenters. The number of hydrogen-bond donors (Lipinski definition) is 1. The summed E-state index contributed by atoms with van der Waals surface area (Å²) in [4.78, 5) is 0. The van der Waals surface area contributed by atoms with Crippen LogP contribution in [-0.2, 0) is 4.74 Å². The molecule has 0 radical (unpaired) electrons. The minimum Gasteiger partial charge on any atom is -0.378 e. The van der Waals surface area contributed by atoms with Crippen molar-refractivity contribution in [2.75, 3.05) is 13.7 Å². The zero-order valence-corrected chi connectivity index (χ0v) is 11.5. The smallest absolute Gasteiger partial charge is 0.0616 e. The maximum atomic E-state index is 5.81. The van der Waals surface area contributed by atoms with Crippen LogP contribution in [0.5, 0.6) is 0 Å². The van der Waals surface area contributed by atoms with E-state index >= 15 is 0 Å². The van der Waals surface area contributed by atoms with E-state index in [1.54, 1.807) is 0 Å².